The molecule has 0 aromatic carbocycles. The van der Waals surface area contributed by atoms with Gasteiger partial charge in [0.25, 0.3) is 5.91 Å². The lowest BCUT2D eigenvalue weighted by molar-refractivity contribution is 0.0953. The zero-order valence-electron chi connectivity index (χ0n) is 15.6. The van der Waals surface area contributed by atoms with Gasteiger partial charge in [0, 0.05) is 42.8 Å². The highest BCUT2D eigenvalue weighted by Crippen LogP contribution is 2.35. The quantitative estimate of drug-likeness (QED) is 0.621. The van der Waals surface area contributed by atoms with Crippen LogP contribution in [0, 0.1) is 0 Å². The second kappa shape index (κ2) is 8.93. The number of carbonyl (C=O) groups excluding carboxylic acids is 1. The first kappa shape index (κ1) is 18.6. The Labute approximate surface area is 168 Å². The first-order valence-corrected chi connectivity index (χ1v) is 10.5. The van der Waals surface area contributed by atoms with Crippen molar-refractivity contribution in [2.24, 2.45) is 0 Å². The molecule has 1 aliphatic heterocycles. The maximum atomic E-state index is 12.4. The minimum Gasteiger partial charge on any atom is -0.352 e. The second-order valence-corrected chi connectivity index (χ2v) is 7.73. The average Bonchev–Trinajstić information content (AvgIpc) is 3.43. The van der Waals surface area contributed by atoms with Crippen molar-refractivity contribution in [3.8, 4) is 0 Å². The van der Waals surface area contributed by atoms with Crippen LogP contribution in [-0.2, 0) is 6.42 Å². The van der Waals surface area contributed by atoms with Crippen molar-refractivity contribution in [2.45, 2.75) is 31.7 Å². The molecule has 0 saturated carbocycles. The molecule has 0 bridgehead atoms. The van der Waals surface area contributed by atoms with Crippen molar-refractivity contribution in [1.82, 2.24) is 20.3 Å². The van der Waals surface area contributed by atoms with Crippen molar-refractivity contribution in [1.29, 1.82) is 0 Å². The van der Waals surface area contributed by atoms with Crippen LogP contribution < -0.4 is 10.2 Å². The third-order valence-corrected chi connectivity index (χ3v) is 5.79. The predicted octanol–water partition coefficient (Wildman–Crippen LogP) is 3.64. The fourth-order valence-electron chi connectivity index (χ4n) is 3.51. The maximum absolute atomic E-state index is 12.4. The highest BCUT2D eigenvalue weighted by molar-refractivity contribution is 7.09. The molecule has 1 saturated heterocycles. The number of carbonyl (C=O) groups is 1. The zero-order chi connectivity index (χ0) is 19.2. The van der Waals surface area contributed by atoms with Crippen molar-refractivity contribution >= 4 is 23.1 Å². The van der Waals surface area contributed by atoms with Crippen molar-refractivity contribution in [3.63, 3.8) is 0 Å². The fraction of sp³-hybridized carbons (Fsp3) is 0.333. The minimum absolute atomic E-state index is 0.0852. The fourth-order valence-corrected chi connectivity index (χ4v) is 4.29. The Hall–Kier alpha value is -2.80. The Morgan fingerprint density at radius 1 is 1.18 bits per heavy atom. The lowest BCUT2D eigenvalue weighted by Crippen LogP contribution is -2.26. The number of hydrogen-bond donors (Lipinski definition) is 1. The predicted molar refractivity (Wildman–Crippen MR) is 111 cm³/mol. The van der Waals surface area contributed by atoms with Gasteiger partial charge < -0.3 is 10.2 Å². The van der Waals surface area contributed by atoms with E-state index in [4.69, 9.17) is 0 Å². The molecule has 0 aliphatic carbocycles. The van der Waals surface area contributed by atoms with Gasteiger partial charge in [-0.1, -0.05) is 6.07 Å². The number of pyridine rings is 2. The highest BCUT2D eigenvalue weighted by Gasteiger charge is 2.28. The molecule has 0 unspecified atom stereocenters. The van der Waals surface area contributed by atoms with E-state index in [-0.39, 0.29) is 5.91 Å². The molecule has 6 nitrogen and oxygen atoms in total. The van der Waals surface area contributed by atoms with E-state index in [1.54, 1.807) is 23.7 Å². The number of anilines is 1. The van der Waals surface area contributed by atoms with Gasteiger partial charge in [-0.05, 0) is 49.9 Å². The monoisotopic (exact) mass is 393 g/mol. The summed E-state index contributed by atoms with van der Waals surface area (Å²) in [6.07, 6.45) is 9.24. The van der Waals surface area contributed by atoms with Crippen molar-refractivity contribution in [3.05, 3.63) is 70.6 Å². The number of aryl methyl sites for hydroxylation is 1. The molecule has 3 aromatic rings. The molecule has 144 valence electrons. The lowest BCUT2D eigenvalue weighted by Gasteiger charge is -2.24. The van der Waals surface area contributed by atoms with Gasteiger partial charge >= 0.3 is 0 Å². The largest absolute Gasteiger partial charge is 0.352 e. The van der Waals surface area contributed by atoms with Crippen molar-refractivity contribution < 1.29 is 4.79 Å². The van der Waals surface area contributed by atoms with Crippen molar-refractivity contribution in [2.75, 3.05) is 18.0 Å². The molecule has 1 atom stereocenters. The van der Waals surface area contributed by atoms with Gasteiger partial charge in [-0.3, -0.25) is 9.78 Å². The Morgan fingerprint density at radius 3 is 2.89 bits per heavy atom. The van der Waals surface area contributed by atoms with Crippen LogP contribution in [0.3, 0.4) is 0 Å². The molecule has 0 radical (unpaired) electrons. The van der Waals surface area contributed by atoms with Crippen LogP contribution in [0.5, 0.6) is 0 Å². The minimum atomic E-state index is -0.0852. The first-order valence-electron chi connectivity index (χ1n) is 9.61. The lowest BCUT2D eigenvalue weighted by atomic mass is 10.2. The standard InChI is InChI=1S/C21H23N5OS/c27-20(23-11-3-6-17-5-1-2-10-22-17)16-8-9-19(25-15-16)26-13-4-7-18(26)21-24-12-14-28-21/h1-2,5,8-10,12,14-15,18H,3-4,6-7,11,13H2,(H,23,27)/t18-/m0/s1. The van der Waals surface area contributed by atoms with Crippen LogP contribution in [0.1, 0.15) is 46.4 Å². The molecule has 4 rings (SSSR count). The van der Waals surface area contributed by atoms with E-state index >= 15 is 0 Å². The van der Waals surface area contributed by atoms with Crippen LogP contribution in [-0.4, -0.2) is 33.9 Å². The summed E-state index contributed by atoms with van der Waals surface area (Å²) in [4.78, 5) is 27.9. The van der Waals surface area contributed by atoms with Gasteiger partial charge in [0.05, 0.1) is 11.6 Å². The summed E-state index contributed by atoms with van der Waals surface area (Å²) in [5.74, 6) is 0.822. The van der Waals surface area contributed by atoms with Crippen LogP contribution in [0.2, 0.25) is 0 Å². The summed E-state index contributed by atoms with van der Waals surface area (Å²) in [6.45, 7) is 1.59. The van der Waals surface area contributed by atoms with E-state index in [2.05, 4.69) is 25.2 Å². The third-order valence-electron chi connectivity index (χ3n) is 4.92. The summed E-state index contributed by atoms with van der Waals surface area (Å²) in [7, 11) is 0. The highest BCUT2D eigenvalue weighted by atomic mass is 32.1. The summed E-state index contributed by atoms with van der Waals surface area (Å²) < 4.78 is 0. The smallest absolute Gasteiger partial charge is 0.252 e. The number of nitrogens with one attached hydrogen (secondary N) is 1. The maximum Gasteiger partial charge on any atom is 0.252 e. The summed E-state index contributed by atoms with van der Waals surface area (Å²) in [6, 6.07) is 9.97. The van der Waals surface area contributed by atoms with E-state index in [0.717, 1.165) is 48.7 Å². The zero-order valence-corrected chi connectivity index (χ0v) is 16.4. The normalized spacial score (nSPS) is 16.3. The van der Waals surface area contributed by atoms with Gasteiger partial charge in [0.15, 0.2) is 0 Å². The molecule has 28 heavy (non-hydrogen) atoms. The Kier molecular flexibility index (Phi) is 5.92. The van der Waals surface area contributed by atoms with Crippen LogP contribution >= 0.6 is 11.3 Å². The molecular weight excluding hydrogens is 370 g/mol. The second-order valence-electron chi connectivity index (χ2n) is 6.81. The third kappa shape index (κ3) is 4.36. The molecule has 7 heteroatoms. The number of nitrogens with zero attached hydrogens (tertiary/aromatic N) is 4. The Balaban J connectivity index is 1.31. The van der Waals surface area contributed by atoms with Gasteiger partial charge in [-0.2, -0.15) is 0 Å². The summed E-state index contributed by atoms with van der Waals surface area (Å²) in [5, 5.41) is 6.11. The van der Waals surface area contributed by atoms with Gasteiger partial charge in [0.1, 0.15) is 10.8 Å². The van der Waals surface area contributed by atoms with Crippen LogP contribution in [0.4, 0.5) is 5.82 Å². The van der Waals surface area contributed by atoms with E-state index in [1.165, 1.54) is 0 Å². The molecule has 1 amide bonds. The molecule has 4 heterocycles. The van der Waals surface area contributed by atoms with E-state index < -0.39 is 0 Å². The van der Waals surface area contributed by atoms with Gasteiger partial charge in [-0.15, -0.1) is 11.3 Å². The SMILES string of the molecule is O=C(NCCCc1ccccn1)c1ccc(N2CCC[C@H]2c2nccs2)nc1. The Morgan fingerprint density at radius 2 is 2.14 bits per heavy atom. The Bertz CT molecular complexity index is 883. The number of amides is 1. The first-order chi connectivity index (χ1) is 13.8. The molecular formula is C21H23N5OS. The average molecular weight is 394 g/mol. The van der Waals surface area contributed by atoms with Gasteiger partial charge in [-0.25, -0.2) is 9.97 Å². The summed E-state index contributed by atoms with van der Waals surface area (Å²) in [5.41, 5.74) is 1.63. The number of aromatic nitrogens is 3. The van der Waals surface area contributed by atoms with E-state index in [9.17, 15) is 4.79 Å². The van der Waals surface area contributed by atoms with Gasteiger partial charge in [0.2, 0.25) is 0 Å². The van der Waals surface area contributed by atoms with Crippen LogP contribution in [0.25, 0.3) is 0 Å². The molecule has 0 spiro atoms. The number of thiazole rings is 1. The molecule has 1 fully saturated rings. The van der Waals surface area contributed by atoms with Crippen LogP contribution in [0.15, 0.2) is 54.3 Å². The topological polar surface area (TPSA) is 71.0 Å². The number of hydrogen-bond acceptors (Lipinski definition) is 6. The number of rotatable bonds is 7. The van der Waals surface area contributed by atoms with E-state index in [0.29, 0.717) is 18.2 Å². The van der Waals surface area contributed by atoms with E-state index in [1.807, 2.05) is 41.9 Å². The summed E-state index contributed by atoms with van der Waals surface area (Å²) >= 11 is 1.69. The molecule has 1 N–H and O–H groups in total. The molecule has 1 aliphatic rings. The molecule has 3 aromatic heterocycles.